The molecule has 0 aliphatic carbocycles. The summed E-state index contributed by atoms with van der Waals surface area (Å²) < 4.78 is 223. The molecule has 0 saturated carbocycles. The van der Waals surface area contributed by atoms with Gasteiger partial charge in [-0.15, -0.1) is 0 Å². The van der Waals surface area contributed by atoms with E-state index in [2.05, 4.69) is 0 Å². The normalized spacial score (nSPS) is 17.1. The van der Waals surface area contributed by atoms with Crippen LogP contribution in [-0.4, -0.2) is 42.8 Å². The molecule has 19 heteroatoms. The first-order chi connectivity index (χ1) is 11.3. The minimum Gasteiger partial charge on any atom is -0.443 e. The summed E-state index contributed by atoms with van der Waals surface area (Å²) in [5.41, 5.74) is -4.79. The Labute approximate surface area is 134 Å². The fourth-order valence-electron chi connectivity index (χ4n) is 1.20. The minimum atomic E-state index is -8.53. The quantitative estimate of drug-likeness (QED) is 0.332. The van der Waals surface area contributed by atoms with Gasteiger partial charge in [0.25, 0.3) is 0 Å². The SMILES string of the molecule is F/C(=C(\F)C(F)(F)C(F)(F)C(F)(F)C(F)(F)C(F)(F)C(F)(F)F)[B-](F)(F)F. The molecule has 0 saturated heterocycles. The van der Waals surface area contributed by atoms with E-state index in [0.29, 0.717) is 0 Å². The van der Waals surface area contributed by atoms with Gasteiger partial charge in [0.15, 0.2) is 5.83 Å². The zero-order chi connectivity index (χ0) is 22.7. The Bertz CT molecular complexity index is 589. The number of hydrogen-bond acceptors (Lipinski definition) is 0. The number of rotatable bonds is 6. The molecule has 0 aromatic carbocycles. The summed E-state index contributed by atoms with van der Waals surface area (Å²) >= 11 is 0. The van der Waals surface area contributed by atoms with Crippen molar-refractivity contribution in [2.24, 2.45) is 0 Å². The van der Waals surface area contributed by atoms with Crippen LogP contribution in [0, 0.1) is 0 Å². The lowest BCUT2D eigenvalue weighted by Crippen LogP contribution is -2.70. The highest BCUT2D eigenvalue weighted by molar-refractivity contribution is 6.66. The van der Waals surface area contributed by atoms with Crippen LogP contribution >= 0.6 is 0 Å². The van der Waals surface area contributed by atoms with E-state index >= 15 is 0 Å². The van der Waals surface area contributed by atoms with Crippen LogP contribution < -0.4 is 0 Å². The third kappa shape index (κ3) is 3.52. The van der Waals surface area contributed by atoms with Crippen molar-refractivity contribution in [1.29, 1.82) is 0 Å². The molecule has 0 aliphatic heterocycles. The molecule has 0 spiro atoms. The maximum atomic E-state index is 12.9. The number of allylic oxidation sites excluding steroid dienone is 1. The molecule has 0 heterocycles. The fourth-order valence-corrected chi connectivity index (χ4v) is 1.20. The van der Waals surface area contributed by atoms with Crippen LogP contribution in [-0.2, 0) is 0 Å². The van der Waals surface area contributed by atoms with Gasteiger partial charge in [-0.1, -0.05) is 0 Å². The largest absolute Gasteiger partial charge is 0.540 e. The molecular formula is C8BF18-. The summed E-state index contributed by atoms with van der Waals surface area (Å²) in [5, 5.41) is 0. The second-order valence-electron chi connectivity index (χ2n) is 4.61. The Morgan fingerprint density at radius 3 is 1.04 bits per heavy atom. The highest BCUT2D eigenvalue weighted by atomic mass is 19.4. The Morgan fingerprint density at radius 1 is 0.481 bits per heavy atom. The summed E-state index contributed by atoms with van der Waals surface area (Å²) in [6.45, 7) is -7.59. The Balaban J connectivity index is 6.66. The van der Waals surface area contributed by atoms with E-state index in [-0.39, 0.29) is 0 Å². The van der Waals surface area contributed by atoms with E-state index in [0.717, 1.165) is 0 Å². The van der Waals surface area contributed by atoms with Gasteiger partial charge in [0.1, 0.15) is 0 Å². The molecule has 0 radical (unpaired) electrons. The Morgan fingerprint density at radius 2 is 0.778 bits per heavy atom. The lowest BCUT2D eigenvalue weighted by Gasteiger charge is -2.39. The molecule has 0 unspecified atom stereocenters. The van der Waals surface area contributed by atoms with Crippen molar-refractivity contribution in [2.45, 2.75) is 35.8 Å². The van der Waals surface area contributed by atoms with Crippen LogP contribution in [0.4, 0.5) is 78.8 Å². The van der Waals surface area contributed by atoms with Gasteiger partial charge >= 0.3 is 42.8 Å². The average molecular weight is 449 g/mol. The Hall–Kier alpha value is -1.46. The van der Waals surface area contributed by atoms with Gasteiger partial charge in [-0.3, -0.25) is 0 Å². The van der Waals surface area contributed by atoms with Crippen LogP contribution in [0.5, 0.6) is 0 Å². The highest BCUT2D eigenvalue weighted by Crippen LogP contribution is 2.61. The van der Waals surface area contributed by atoms with Crippen LogP contribution in [0.3, 0.4) is 0 Å². The lowest BCUT2D eigenvalue weighted by atomic mass is 9.85. The Kier molecular flexibility index (Phi) is 5.94. The van der Waals surface area contributed by atoms with E-state index in [1.807, 2.05) is 0 Å². The number of alkyl halides is 13. The molecule has 0 amide bonds. The fraction of sp³-hybridized carbons (Fsp3) is 0.750. The predicted octanol–water partition coefficient (Wildman–Crippen LogP) is 6.26. The van der Waals surface area contributed by atoms with E-state index in [9.17, 15) is 78.8 Å². The van der Waals surface area contributed by atoms with E-state index in [1.54, 1.807) is 0 Å². The van der Waals surface area contributed by atoms with Gasteiger partial charge in [-0.25, -0.2) is 8.78 Å². The zero-order valence-electron chi connectivity index (χ0n) is 11.4. The molecule has 0 aliphatic rings. The van der Waals surface area contributed by atoms with Gasteiger partial charge < -0.3 is 12.9 Å². The van der Waals surface area contributed by atoms with E-state index < -0.39 is 54.3 Å². The summed E-state index contributed by atoms with van der Waals surface area (Å²) in [4.78, 5) is 0. The third-order valence-electron chi connectivity index (χ3n) is 2.71. The maximum Gasteiger partial charge on any atom is 0.540 e. The molecular weight excluding hydrogens is 449 g/mol. The van der Waals surface area contributed by atoms with Crippen molar-refractivity contribution in [2.75, 3.05) is 0 Å². The first kappa shape index (κ1) is 25.5. The highest BCUT2D eigenvalue weighted by Gasteiger charge is 2.91. The monoisotopic (exact) mass is 449 g/mol. The molecule has 0 fully saturated rings. The molecule has 0 atom stereocenters. The summed E-state index contributed by atoms with van der Waals surface area (Å²) in [6.07, 6.45) is -7.75. The van der Waals surface area contributed by atoms with Crippen LogP contribution in [0.15, 0.2) is 11.6 Å². The predicted molar refractivity (Wildman–Crippen MR) is 49.1 cm³/mol. The number of halogens is 18. The molecule has 0 aromatic rings. The van der Waals surface area contributed by atoms with Gasteiger partial charge in [-0.2, -0.15) is 57.1 Å². The van der Waals surface area contributed by atoms with Crippen LogP contribution in [0.2, 0.25) is 0 Å². The second-order valence-corrected chi connectivity index (χ2v) is 4.61. The average Bonchev–Trinajstić information content (AvgIpc) is 2.42. The van der Waals surface area contributed by atoms with Crippen molar-refractivity contribution in [3.63, 3.8) is 0 Å². The summed E-state index contributed by atoms with van der Waals surface area (Å²) in [7, 11) is 0. The second kappa shape index (κ2) is 6.28. The van der Waals surface area contributed by atoms with Gasteiger partial charge in [0, 0.05) is 0 Å². The lowest BCUT2D eigenvalue weighted by molar-refractivity contribution is -0.437. The maximum absolute atomic E-state index is 12.9. The van der Waals surface area contributed by atoms with E-state index in [1.165, 1.54) is 0 Å². The standard InChI is InChI=1S/C8BF18/c10-1(2(11)9(25,26)27)3(12,13)4(14,15)5(16,17)6(18,19)7(20,21)8(22,23)24/q-1/b2-1-. The first-order valence-electron chi connectivity index (χ1n) is 5.53. The molecule has 162 valence electrons. The first-order valence-corrected chi connectivity index (χ1v) is 5.53. The summed E-state index contributed by atoms with van der Waals surface area (Å²) in [5.74, 6) is -46.5. The van der Waals surface area contributed by atoms with Crippen LogP contribution in [0.25, 0.3) is 0 Å². The molecule has 0 aromatic heterocycles. The van der Waals surface area contributed by atoms with Gasteiger partial charge in [0.2, 0.25) is 0 Å². The smallest absolute Gasteiger partial charge is 0.443 e. The molecule has 0 N–H and O–H groups in total. The minimum absolute atomic E-state index is 4.79. The van der Waals surface area contributed by atoms with Gasteiger partial charge in [0.05, 0.1) is 5.73 Å². The third-order valence-corrected chi connectivity index (χ3v) is 2.71. The van der Waals surface area contributed by atoms with Crippen molar-refractivity contribution in [3.8, 4) is 0 Å². The van der Waals surface area contributed by atoms with Gasteiger partial charge in [-0.05, 0) is 0 Å². The van der Waals surface area contributed by atoms with Crippen molar-refractivity contribution in [3.05, 3.63) is 11.6 Å². The number of hydrogen-bond donors (Lipinski definition) is 0. The molecule has 0 rings (SSSR count). The van der Waals surface area contributed by atoms with Crippen molar-refractivity contribution in [1.82, 2.24) is 0 Å². The van der Waals surface area contributed by atoms with Crippen molar-refractivity contribution < 1.29 is 78.8 Å². The molecule has 0 nitrogen and oxygen atoms in total. The topological polar surface area (TPSA) is 0 Å². The zero-order valence-corrected chi connectivity index (χ0v) is 11.4. The molecule has 27 heavy (non-hydrogen) atoms. The molecule has 0 bridgehead atoms. The van der Waals surface area contributed by atoms with Crippen LogP contribution in [0.1, 0.15) is 0 Å². The van der Waals surface area contributed by atoms with Crippen molar-refractivity contribution >= 4 is 6.98 Å². The van der Waals surface area contributed by atoms with E-state index in [4.69, 9.17) is 0 Å². The summed E-state index contributed by atoms with van der Waals surface area (Å²) in [6, 6.07) is 0.